The van der Waals surface area contributed by atoms with Crippen LogP contribution < -0.4 is 5.32 Å². The maximum atomic E-state index is 12.5. The summed E-state index contributed by atoms with van der Waals surface area (Å²) in [5, 5.41) is 11.7. The van der Waals surface area contributed by atoms with E-state index >= 15 is 0 Å². The van der Waals surface area contributed by atoms with Crippen LogP contribution >= 0.6 is 0 Å². The molecule has 2 aromatic rings. The van der Waals surface area contributed by atoms with E-state index in [0.717, 1.165) is 0 Å². The van der Waals surface area contributed by atoms with Crippen LogP contribution in [0, 0.1) is 0 Å². The van der Waals surface area contributed by atoms with Crippen LogP contribution in [0.2, 0.25) is 0 Å². The van der Waals surface area contributed by atoms with E-state index in [1.54, 1.807) is 36.4 Å². The molecular weight excluding hydrogens is 282 g/mol. The minimum absolute atomic E-state index is 0.192. The van der Waals surface area contributed by atoms with Gasteiger partial charge in [0.05, 0.1) is 0 Å². The number of carbonyl (C=O) groups excluding carboxylic acids is 2. The van der Waals surface area contributed by atoms with E-state index in [1.165, 1.54) is 13.0 Å². The van der Waals surface area contributed by atoms with Gasteiger partial charge in [0, 0.05) is 27.9 Å². The van der Waals surface area contributed by atoms with E-state index in [-0.39, 0.29) is 11.6 Å². The molecule has 0 bridgehead atoms. The van der Waals surface area contributed by atoms with E-state index in [2.05, 4.69) is 5.32 Å². The van der Waals surface area contributed by atoms with Crippen LogP contribution in [0.4, 0.5) is 5.69 Å². The van der Waals surface area contributed by atoms with Gasteiger partial charge < -0.3 is 10.4 Å². The molecule has 3 rings (SSSR count). The summed E-state index contributed by atoms with van der Waals surface area (Å²) in [6.07, 6.45) is 0. The Hall–Kier alpha value is -2.95. The third-order valence-electron chi connectivity index (χ3n) is 3.68. The van der Waals surface area contributed by atoms with Crippen molar-refractivity contribution in [1.29, 1.82) is 0 Å². The Labute approximate surface area is 126 Å². The molecule has 1 atom stereocenters. The van der Waals surface area contributed by atoms with Crippen molar-refractivity contribution in [3.8, 4) is 0 Å². The number of carboxylic acids is 1. The fourth-order valence-corrected chi connectivity index (χ4v) is 2.50. The highest BCUT2D eigenvalue weighted by molar-refractivity contribution is 6.28. The van der Waals surface area contributed by atoms with Gasteiger partial charge in [-0.05, 0) is 25.1 Å². The van der Waals surface area contributed by atoms with Gasteiger partial charge in [0.15, 0.2) is 11.6 Å². The smallest absolute Gasteiger partial charge is 0.325 e. The lowest BCUT2D eigenvalue weighted by Crippen LogP contribution is -2.26. The first-order chi connectivity index (χ1) is 10.5. The molecule has 0 heterocycles. The third-order valence-corrected chi connectivity index (χ3v) is 3.68. The van der Waals surface area contributed by atoms with Gasteiger partial charge in [-0.15, -0.1) is 0 Å². The van der Waals surface area contributed by atoms with Crippen molar-refractivity contribution in [2.24, 2.45) is 0 Å². The summed E-state index contributed by atoms with van der Waals surface area (Å²) < 4.78 is 0. The Bertz CT molecular complexity index is 810. The largest absolute Gasteiger partial charge is 0.480 e. The summed E-state index contributed by atoms with van der Waals surface area (Å²) >= 11 is 0. The van der Waals surface area contributed by atoms with Crippen LogP contribution in [0.5, 0.6) is 0 Å². The first-order valence-corrected chi connectivity index (χ1v) is 6.81. The lowest BCUT2D eigenvalue weighted by molar-refractivity contribution is -0.137. The second-order valence-electron chi connectivity index (χ2n) is 5.17. The number of carboxylic acid groups (broad SMARTS) is 1. The van der Waals surface area contributed by atoms with Crippen LogP contribution in [0.25, 0.3) is 0 Å². The standard InChI is InChI=1S/C17H13NO4/c1-9(17(21)22)18-10-6-7-13-14(8-10)16(20)12-5-3-2-4-11(12)15(13)19/h2-9,18H,1H3,(H,21,22)/t9-/m0/s1. The Morgan fingerprint density at radius 3 is 2.09 bits per heavy atom. The van der Waals surface area contributed by atoms with E-state index < -0.39 is 12.0 Å². The van der Waals surface area contributed by atoms with Crippen molar-refractivity contribution >= 4 is 23.2 Å². The second-order valence-corrected chi connectivity index (χ2v) is 5.17. The Balaban J connectivity index is 2.04. The molecule has 0 fully saturated rings. The molecule has 5 nitrogen and oxygen atoms in total. The van der Waals surface area contributed by atoms with Gasteiger partial charge in [0.2, 0.25) is 0 Å². The monoisotopic (exact) mass is 295 g/mol. The number of rotatable bonds is 3. The summed E-state index contributed by atoms with van der Waals surface area (Å²) in [4.78, 5) is 35.8. The molecule has 5 heteroatoms. The van der Waals surface area contributed by atoms with Crippen molar-refractivity contribution < 1.29 is 19.5 Å². The Morgan fingerprint density at radius 2 is 1.50 bits per heavy atom. The molecule has 1 aliphatic carbocycles. The lowest BCUT2D eigenvalue weighted by atomic mass is 9.84. The van der Waals surface area contributed by atoms with Crippen molar-refractivity contribution in [2.75, 3.05) is 5.32 Å². The molecule has 0 radical (unpaired) electrons. The van der Waals surface area contributed by atoms with E-state index in [0.29, 0.717) is 27.9 Å². The molecule has 0 unspecified atom stereocenters. The first-order valence-electron chi connectivity index (χ1n) is 6.81. The molecule has 0 saturated carbocycles. The fourth-order valence-electron chi connectivity index (χ4n) is 2.50. The number of hydrogen-bond acceptors (Lipinski definition) is 4. The van der Waals surface area contributed by atoms with Crippen LogP contribution in [-0.2, 0) is 4.79 Å². The van der Waals surface area contributed by atoms with Gasteiger partial charge in [-0.2, -0.15) is 0 Å². The molecule has 22 heavy (non-hydrogen) atoms. The van der Waals surface area contributed by atoms with Gasteiger partial charge in [0.1, 0.15) is 6.04 Å². The minimum Gasteiger partial charge on any atom is -0.480 e. The van der Waals surface area contributed by atoms with Crippen molar-refractivity contribution in [3.63, 3.8) is 0 Å². The second kappa shape index (κ2) is 5.11. The molecule has 110 valence electrons. The number of benzene rings is 2. The maximum Gasteiger partial charge on any atom is 0.325 e. The highest BCUT2D eigenvalue weighted by Gasteiger charge is 2.29. The van der Waals surface area contributed by atoms with E-state index in [9.17, 15) is 14.4 Å². The molecular formula is C17H13NO4. The molecule has 2 aromatic carbocycles. The normalized spacial score (nSPS) is 14.0. The molecule has 0 amide bonds. The predicted octanol–water partition coefficient (Wildman–Crippen LogP) is 2.35. The van der Waals surface area contributed by atoms with Crippen LogP contribution in [0.1, 0.15) is 38.8 Å². The summed E-state index contributed by atoms with van der Waals surface area (Å²) in [5.74, 6) is -1.41. The van der Waals surface area contributed by atoms with Gasteiger partial charge in [-0.3, -0.25) is 14.4 Å². The lowest BCUT2D eigenvalue weighted by Gasteiger charge is -2.19. The average molecular weight is 295 g/mol. The van der Waals surface area contributed by atoms with E-state index in [4.69, 9.17) is 5.11 Å². The third kappa shape index (κ3) is 2.16. The Kier molecular flexibility index (Phi) is 3.25. The number of carbonyl (C=O) groups is 3. The van der Waals surface area contributed by atoms with Crippen molar-refractivity contribution in [1.82, 2.24) is 0 Å². The number of ketones is 2. The summed E-state index contributed by atoms with van der Waals surface area (Å²) in [5.41, 5.74) is 1.92. The summed E-state index contributed by atoms with van der Waals surface area (Å²) in [7, 11) is 0. The maximum absolute atomic E-state index is 12.5. The molecule has 0 aromatic heterocycles. The zero-order valence-electron chi connectivity index (χ0n) is 11.8. The average Bonchev–Trinajstić information content (AvgIpc) is 2.52. The zero-order valence-corrected chi connectivity index (χ0v) is 11.8. The van der Waals surface area contributed by atoms with Gasteiger partial charge in [-0.1, -0.05) is 24.3 Å². The van der Waals surface area contributed by atoms with Gasteiger partial charge in [0.25, 0.3) is 0 Å². The minimum atomic E-state index is -0.995. The molecule has 0 spiro atoms. The van der Waals surface area contributed by atoms with Gasteiger partial charge in [-0.25, -0.2) is 0 Å². The van der Waals surface area contributed by atoms with E-state index in [1.807, 2.05) is 0 Å². The molecule has 1 aliphatic rings. The topological polar surface area (TPSA) is 83.5 Å². The van der Waals surface area contributed by atoms with Crippen LogP contribution in [-0.4, -0.2) is 28.7 Å². The SMILES string of the molecule is C[C@H](Nc1ccc2c(c1)C(=O)c1ccccc1C2=O)C(=O)O. The highest BCUT2D eigenvalue weighted by atomic mass is 16.4. The van der Waals surface area contributed by atoms with Crippen LogP contribution in [0.15, 0.2) is 42.5 Å². The van der Waals surface area contributed by atoms with Crippen LogP contribution in [0.3, 0.4) is 0 Å². The number of aliphatic carboxylic acids is 1. The van der Waals surface area contributed by atoms with Gasteiger partial charge >= 0.3 is 5.97 Å². The fraction of sp³-hybridized carbons (Fsp3) is 0.118. The number of anilines is 1. The molecule has 0 aliphatic heterocycles. The first kappa shape index (κ1) is 14.0. The number of hydrogen-bond donors (Lipinski definition) is 2. The summed E-state index contributed by atoms with van der Waals surface area (Å²) in [6, 6.07) is 10.6. The van der Waals surface area contributed by atoms with Crippen molar-refractivity contribution in [2.45, 2.75) is 13.0 Å². The highest BCUT2D eigenvalue weighted by Crippen LogP contribution is 2.29. The predicted molar refractivity (Wildman–Crippen MR) is 80.5 cm³/mol. The molecule has 0 saturated heterocycles. The zero-order chi connectivity index (χ0) is 15.9. The molecule has 2 N–H and O–H groups in total. The number of fused-ring (bicyclic) bond motifs is 2. The van der Waals surface area contributed by atoms with Crippen molar-refractivity contribution in [3.05, 3.63) is 64.7 Å². The summed E-state index contributed by atoms with van der Waals surface area (Å²) in [6.45, 7) is 1.50. The number of nitrogens with one attached hydrogen (secondary N) is 1. The Morgan fingerprint density at radius 1 is 0.955 bits per heavy atom. The quantitative estimate of drug-likeness (QED) is 0.775.